The van der Waals surface area contributed by atoms with Gasteiger partial charge in [0, 0.05) is 66.7 Å². The van der Waals surface area contributed by atoms with Gasteiger partial charge in [0.1, 0.15) is 5.69 Å². The van der Waals surface area contributed by atoms with Gasteiger partial charge in [-0.25, -0.2) is 13.1 Å². The Kier molecular flexibility index (Phi) is 10.8. The number of nitrogens with one attached hydrogen (secondary N) is 2. The van der Waals surface area contributed by atoms with Gasteiger partial charge in [-0.3, -0.25) is 19.8 Å². The van der Waals surface area contributed by atoms with E-state index in [1.165, 1.54) is 39.6 Å². The van der Waals surface area contributed by atoms with Crippen molar-refractivity contribution >= 4 is 55.5 Å². The van der Waals surface area contributed by atoms with Crippen LogP contribution in [0.5, 0.6) is 0 Å². The van der Waals surface area contributed by atoms with E-state index in [1.54, 1.807) is 23.9 Å². The van der Waals surface area contributed by atoms with Crippen molar-refractivity contribution < 1.29 is 18.1 Å². The second-order valence-corrected chi connectivity index (χ2v) is 17.0. The Balaban J connectivity index is 0.900. The Labute approximate surface area is 330 Å². The van der Waals surface area contributed by atoms with Crippen molar-refractivity contribution in [3.63, 3.8) is 0 Å². The first kappa shape index (κ1) is 37.2. The molecule has 0 bridgehead atoms. The quantitative estimate of drug-likeness (QED) is 0.0545. The van der Waals surface area contributed by atoms with Gasteiger partial charge >= 0.3 is 0 Å². The third-order valence-corrected chi connectivity index (χ3v) is 12.9. The second kappa shape index (κ2) is 16.2. The number of rotatable bonds is 12. The fourth-order valence-corrected chi connectivity index (χ4v) is 9.57. The monoisotopic (exact) mass is 783 g/mol. The molecule has 1 atom stereocenters. The van der Waals surface area contributed by atoms with Crippen LogP contribution in [0.3, 0.4) is 0 Å². The van der Waals surface area contributed by atoms with Crippen molar-refractivity contribution in [2.75, 3.05) is 42.1 Å². The van der Waals surface area contributed by atoms with E-state index >= 15 is 0 Å². The average molecular weight is 784 g/mol. The summed E-state index contributed by atoms with van der Waals surface area (Å²) in [6, 6.07) is 42.8. The van der Waals surface area contributed by atoms with Crippen LogP contribution in [0.15, 0.2) is 143 Å². The van der Waals surface area contributed by atoms with Crippen LogP contribution in [0, 0.1) is 10.1 Å². The summed E-state index contributed by atoms with van der Waals surface area (Å²) in [5.41, 5.74) is 5.87. The van der Waals surface area contributed by atoms with Crippen molar-refractivity contribution in [3.8, 4) is 11.1 Å². The SMILES string of the molecule is O=C(NS(=O)(=O)c1ccc(NCCSc2ccccc2)c([N+](=O)[O-])c1)c1ccc2c(c1)CC[C@H]1CN(Cc3ccccc3-c3ccc4ccccc4c3)CCN21. The van der Waals surface area contributed by atoms with Crippen molar-refractivity contribution in [3.05, 3.63) is 160 Å². The molecule has 2 aliphatic rings. The summed E-state index contributed by atoms with van der Waals surface area (Å²) in [4.78, 5) is 30.3. The minimum absolute atomic E-state index is 0.202. The lowest BCUT2D eigenvalue weighted by atomic mass is 9.92. The summed E-state index contributed by atoms with van der Waals surface area (Å²) in [6.45, 7) is 3.92. The molecule has 0 unspecified atom stereocenters. The number of sulfonamides is 1. The molecule has 1 saturated heterocycles. The third kappa shape index (κ3) is 8.13. The van der Waals surface area contributed by atoms with Gasteiger partial charge in [-0.2, -0.15) is 0 Å². The number of hydrogen-bond donors (Lipinski definition) is 2. The predicted molar refractivity (Wildman–Crippen MR) is 224 cm³/mol. The van der Waals surface area contributed by atoms with Gasteiger partial charge in [0.15, 0.2) is 0 Å². The first-order valence-electron chi connectivity index (χ1n) is 18.7. The molecule has 8 rings (SSSR count). The molecule has 1 amide bonds. The molecule has 0 aliphatic carbocycles. The lowest BCUT2D eigenvalue weighted by Crippen LogP contribution is -2.54. The molecule has 0 aromatic heterocycles. The molecule has 10 nitrogen and oxygen atoms in total. The Morgan fingerprint density at radius 3 is 2.46 bits per heavy atom. The highest BCUT2D eigenvalue weighted by Crippen LogP contribution is 2.35. The largest absolute Gasteiger partial charge is 0.379 e. The maximum atomic E-state index is 13.3. The van der Waals surface area contributed by atoms with Gasteiger partial charge in [0.2, 0.25) is 0 Å². The van der Waals surface area contributed by atoms with Gasteiger partial charge in [0.25, 0.3) is 21.6 Å². The number of amides is 1. The summed E-state index contributed by atoms with van der Waals surface area (Å²) in [5.74, 6) is -0.135. The van der Waals surface area contributed by atoms with Crippen LogP contribution >= 0.6 is 11.8 Å². The number of nitro groups is 1. The first-order chi connectivity index (χ1) is 27.2. The number of nitrogens with zero attached hydrogens (tertiary/aromatic N) is 3. The Morgan fingerprint density at radius 2 is 1.62 bits per heavy atom. The number of carbonyl (C=O) groups excluding carboxylic acids is 1. The second-order valence-electron chi connectivity index (χ2n) is 14.1. The molecular formula is C44H41N5O5S2. The first-order valence-corrected chi connectivity index (χ1v) is 21.1. The zero-order valence-corrected chi connectivity index (χ0v) is 32.3. The highest BCUT2D eigenvalue weighted by atomic mass is 32.2. The van der Waals surface area contributed by atoms with Gasteiger partial charge in [-0.05, 0) is 94.4 Å². The van der Waals surface area contributed by atoms with Crippen LogP contribution in [0.25, 0.3) is 21.9 Å². The lowest BCUT2D eigenvalue weighted by Gasteiger charge is -2.46. The van der Waals surface area contributed by atoms with E-state index < -0.39 is 20.9 Å². The molecule has 0 spiro atoms. The number of aryl methyl sites for hydroxylation is 1. The van der Waals surface area contributed by atoms with Crippen LogP contribution in [0.4, 0.5) is 17.1 Å². The summed E-state index contributed by atoms with van der Waals surface area (Å²) < 4.78 is 28.8. The minimum atomic E-state index is -4.40. The topological polar surface area (TPSA) is 125 Å². The van der Waals surface area contributed by atoms with Gasteiger partial charge in [-0.15, -0.1) is 11.8 Å². The van der Waals surface area contributed by atoms with Crippen molar-refractivity contribution in [1.29, 1.82) is 0 Å². The molecule has 2 heterocycles. The highest BCUT2D eigenvalue weighted by Gasteiger charge is 2.33. The van der Waals surface area contributed by atoms with E-state index in [9.17, 15) is 23.3 Å². The molecule has 284 valence electrons. The molecule has 0 saturated carbocycles. The molecule has 6 aromatic rings. The maximum Gasteiger partial charge on any atom is 0.293 e. The standard InChI is InChI=1S/C44H41N5O5S2/c50-44(46-56(53,54)39-19-20-41(43(28-39)49(51)52)45-22-25-55-38-11-2-1-3-12-38)35-17-21-42-34(27-35)16-18-37-30-47(23-24-48(37)42)29-36-10-6-7-13-40(36)33-15-14-31-8-4-5-9-32(31)26-33/h1-15,17,19-21,26-28,37,45H,16,18,22-25,29-30H2,(H,46,50)/t37-/m0/s1. The number of fused-ring (bicyclic) bond motifs is 4. The smallest absolute Gasteiger partial charge is 0.293 e. The third-order valence-electron chi connectivity index (χ3n) is 10.6. The number of nitro benzene ring substituents is 1. The number of benzene rings is 6. The number of carbonyl (C=O) groups is 1. The number of hydrogen-bond acceptors (Lipinski definition) is 9. The van der Waals surface area contributed by atoms with E-state index in [2.05, 4.69) is 86.6 Å². The summed E-state index contributed by atoms with van der Waals surface area (Å²) >= 11 is 1.60. The molecule has 0 radical (unpaired) electrons. The molecular weight excluding hydrogens is 743 g/mol. The van der Waals surface area contributed by atoms with Crippen LogP contribution in [0.2, 0.25) is 0 Å². The van der Waals surface area contributed by atoms with Crippen LogP contribution < -0.4 is 14.9 Å². The van der Waals surface area contributed by atoms with Crippen molar-refractivity contribution in [2.24, 2.45) is 0 Å². The van der Waals surface area contributed by atoms with E-state index in [0.29, 0.717) is 18.3 Å². The fourth-order valence-electron chi connectivity index (χ4n) is 7.78. The normalized spacial score (nSPS) is 15.5. The lowest BCUT2D eigenvalue weighted by molar-refractivity contribution is -0.384. The molecule has 12 heteroatoms. The molecule has 6 aromatic carbocycles. The zero-order chi connectivity index (χ0) is 38.6. The highest BCUT2D eigenvalue weighted by molar-refractivity contribution is 7.99. The summed E-state index contributed by atoms with van der Waals surface area (Å²) in [6.07, 6.45) is 1.67. The van der Waals surface area contributed by atoms with E-state index in [0.717, 1.165) is 61.2 Å². The van der Waals surface area contributed by atoms with Crippen LogP contribution in [0.1, 0.15) is 27.9 Å². The average Bonchev–Trinajstić information content (AvgIpc) is 3.22. The molecule has 2 aliphatic heterocycles. The van der Waals surface area contributed by atoms with E-state index in [1.807, 2.05) is 36.4 Å². The van der Waals surface area contributed by atoms with E-state index in [-0.39, 0.29) is 21.8 Å². The fraction of sp³-hybridized carbons (Fsp3) is 0.205. The predicted octanol–water partition coefficient (Wildman–Crippen LogP) is 8.37. The number of thioether (sulfide) groups is 1. The van der Waals surface area contributed by atoms with Gasteiger partial charge < -0.3 is 10.2 Å². The Bertz CT molecular complexity index is 2530. The van der Waals surface area contributed by atoms with Gasteiger partial charge in [-0.1, -0.05) is 78.9 Å². The van der Waals surface area contributed by atoms with E-state index in [4.69, 9.17) is 0 Å². The number of anilines is 2. The maximum absolute atomic E-state index is 13.3. The Hall–Kier alpha value is -5.69. The van der Waals surface area contributed by atoms with Crippen LogP contribution in [-0.2, 0) is 23.0 Å². The number of piperazine rings is 1. The molecule has 1 fully saturated rings. The zero-order valence-electron chi connectivity index (χ0n) is 30.6. The van der Waals surface area contributed by atoms with Crippen molar-refractivity contribution in [2.45, 2.75) is 35.2 Å². The molecule has 2 N–H and O–H groups in total. The van der Waals surface area contributed by atoms with Crippen LogP contribution in [-0.4, -0.2) is 62.1 Å². The summed E-state index contributed by atoms with van der Waals surface area (Å²) in [7, 11) is -4.40. The molecule has 56 heavy (non-hydrogen) atoms. The summed E-state index contributed by atoms with van der Waals surface area (Å²) in [5, 5.41) is 17.4. The minimum Gasteiger partial charge on any atom is -0.379 e. The Morgan fingerprint density at radius 1 is 0.839 bits per heavy atom. The van der Waals surface area contributed by atoms with Gasteiger partial charge in [0.05, 0.1) is 9.82 Å². The van der Waals surface area contributed by atoms with Crippen molar-refractivity contribution in [1.82, 2.24) is 9.62 Å².